The molecule has 792 valence electrons. The zero-order chi connectivity index (χ0) is 102. The highest BCUT2D eigenvalue weighted by Gasteiger charge is 2.70. The van der Waals surface area contributed by atoms with Crippen molar-refractivity contribution in [2.45, 2.75) is 395 Å². The number of hydrogen-bond donors (Lipinski definition) is 8. The van der Waals surface area contributed by atoms with E-state index in [0.717, 1.165) is 197 Å². The SMILES string of the molecule is CC(=O)c1csc(NC(=O)C23CC4CC(C)(CC(C)(C4)C2)C3)n1.CC12CC3CC(C)(C1)CC(C(=O)Nc1ncco1)(C3)C2.CC12CC3CC(C)(C1)CC(C(=O)Nc1nccs1)(C3)C2.CC12CC3CC(C)(C1)CC(NC(=O)Nc1nccs1)(C3)C2.O=C(NC12CC3CC(CC(C3)C1)C2)C12CC3CC(CC(C3)C1)C2.O=C(Nc1nccs1)C12CC3CC(CC(C3)C1)C2.[C-]#[N+]c1csc(NC(=O)C23CC4CC(C)(CC(C)(C4)C2)C3)n1. The van der Waals surface area contributed by atoms with Crippen LogP contribution in [0, 0.1) is 176 Å². The molecule has 10 unspecified atom stereocenters. The Hall–Kier alpha value is -7.39. The Kier molecular flexibility index (Phi) is 24.9. The van der Waals surface area contributed by atoms with Gasteiger partial charge in [-0.3, -0.25) is 49.5 Å². The number of rotatable bonds is 15. The van der Waals surface area contributed by atoms with E-state index in [4.69, 9.17) is 11.0 Å². The fourth-order valence-corrected chi connectivity index (χ4v) is 48.3. The highest BCUT2D eigenvalue weighted by molar-refractivity contribution is 7.15. The lowest BCUT2D eigenvalue weighted by atomic mass is 9.40. The van der Waals surface area contributed by atoms with E-state index in [1.807, 2.05) is 16.1 Å². The summed E-state index contributed by atoms with van der Waals surface area (Å²) in [7, 11) is 0. The number of carbonyl (C=O) groups excluding carboxylic acids is 8. The normalized spacial score (nSPS) is 45.6. The molecule has 0 radical (unpaired) electrons. The minimum Gasteiger partial charge on any atom is -0.432 e. The lowest BCUT2D eigenvalue weighted by Crippen LogP contribution is -2.65. The summed E-state index contributed by atoms with van der Waals surface area (Å²) < 4.78 is 5.17. The first kappa shape index (κ1) is 101. The molecule has 10 atom stereocenters. The number of urea groups is 1. The minimum atomic E-state index is -0.231. The Morgan fingerprint density at radius 2 is 0.578 bits per heavy atom. The topological polar surface area (TPSA) is 328 Å². The van der Waals surface area contributed by atoms with Gasteiger partial charge < -0.3 is 35.8 Å². The maximum Gasteiger partial charge on any atom is 0.321 e. The molecule has 8 amide bonds. The van der Waals surface area contributed by atoms with Crippen molar-refractivity contribution in [1.29, 1.82) is 0 Å². The number of hydrogen-bond acceptors (Lipinski definition) is 20. The first-order valence-corrected chi connectivity index (χ1v) is 61.3. The third-order valence-corrected chi connectivity index (χ3v) is 47.0. The average Bonchev–Trinajstić information content (AvgIpc) is 1.53. The first-order chi connectivity index (χ1) is 69.6. The van der Waals surface area contributed by atoms with Crippen LogP contribution in [0.5, 0.6) is 0 Å². The van der Waals surface area contributed by atoms with Crippen LogP contribution in [0.4, 0.5) is 42.3 Å². The van der Waals surface area contributed by atoms with Crippen LogP contribution in [-0.4, -0.2) is 88.2 Å². The first-order valence-electron chi connectivity index (χ1n) is 56.9. The van der Waals surface area contributed by atoms with Gasteiger partial charge in [0.25, 0.3) is 10.9 Å². The Morgan fingerprint density at radius 3 is 0.878 bits per heavy atom. The molecule has 6 heterocycles. The standard InChI is InChI=1S/C21H31NO.C18H24N2O2S.C17H21N3OS.C16H23N3OS.C16H22N2O2.C16H22N2OS.C14H18N2OS/c23-19(20-7-13-1-14(8-20)3-15(2-13)9-20)22-21-10-16-4-17(11-21)6-18(5-16)12-21;1-11(21)13-7-23-15(19-13)20-14(22)18-6-12-4-16(2,9-18)8-17(3,5-12)10-18;1-15-4-11-5-16(2,8-15)10-17(6-11,9-15)13(21)20-14-19-12(18-3)7-22-14;1-14-5-11-6-15(2,8-14)10-16(7-11,9-14)19-12(20)18-13-17-3-4-21-13;2*1-14-5-11-6-15(2,8-14)10-16(7-11,9-14)12(19)18-13-17-3-4-20-13;17-12(16-13-15-1-2-18-13)14-6-9-3-10(7-14)5-11(4-9)8-14/h13-18H,1-12H2,(H,22,23);7,12H,4-6,8-10H2,1-3H3,(H,19,20,22);7,11H,4-6,8-10H2,1-2H3,(H,19,20,21);3-4,11H,5-10H2,1-2H3,(H2,17,18,19,20);2*3-4,11H,5-10H2,1-2H3,(H,17,18,19);1-2,9-11H,3-8H2,(H,15,16,17). The van der Waals surface area contributed by atoms with Crippen molar-refractivity contribution in [2.75, 3.05) is 31.9 Å². The van der Waals surface area contributed by atoms with Gasteiger partial charge in [0.15, 0.2) is 26.3 Å². The second-order valence-corrected chi connectivity index (χ2v) is 63.9. The molecule has 24 nitrogen and oxygen atoms in total. The highest BCUT2D eigenvalue weighted by Crippen LogP contribution is 2.76. The van der Waals surface area contributed by atoms with E-state index in [2.05, 4.69) is 147 Å². The molecule has 147 heavy (non-hydrogen) atoms. The van der Waals surface area contributed by atoms with Crippen LogP contribution in [-0.2, 0) is 28.8 Å². The van der Waals surface area contributed by atoms with Gasteiger partial charge in [0, 0.05) is 68.9 Å². The molecule has 0 saturated heterocycles. The van der Waals surface area contributed by atoms with Crippen LogP contribution < -0.4 is 42.5 Å². The summed E-state index contributed by atoms with van der Waals surface area (Å²) in [5.74, 6) is 13.2. The van der Waals surface area contributed by atoms with Crippen molar-refractivity contribution in [3.05, 3.63) is 75.1 Å². The number of amides is 8. The molecule has 0 aliphatic heterocycles. The van der Waals surface area contributed by atoms with Crippen LogP contribution in [0.15, 0.2) is 62.4 Å². The Labute approximate surface area is 890 Å². The number of Topliss-reactive ketones (excluding diaryl/α,β-unsaturated/α-hetero) is 1. The minimum absolute atomic E-state index is 0.00423. The number of aromatic nitrogens is 6. The molecule has 32 fully saturated rings. The van der Waals surface area contributed by atoms with Gasteiger partial charge in [-0.1, -0.05) is 92.1 Å². The van der Waals surface area contributed by atoms with E-state index >= 15 is 0 Å². The predicted molar refractivity (Wildman–Crippen MR) is 578 cm³/mol. The second kappa shape index (κ2) is 36.1. The van der Waals surface area contributed by atoms with Crippen LogP contribution in [0.3, 0.4) is 0 Å². The third kappa shape index (κ3) is 19.9. The van der Waals surface area contributed by atoms with E-state index in [0.29, 0.717) is 105 Å². The third-order valence-electron chi connectivity index (χ3n) is 43.4. The maximum atomic E-state index is 13.5. The summed E-state index contributed by atoms with van der Waals surface area (Å²) in [6.45, 7) is 32.4. The molecule has 8 N–H and O–H groups in total. The molecule has 0 aromatic carbocycles. The maximum absolute atomic E-state index is 13.5. The molecule has 32 aliphatic carbocycles. The summed E-state index contributed by atoms with van der Waals surface area (Å²) in [4.78, 5) is 130. The molecule has 6 aromatic rings. The molecule has 32 aliphatic rings. The van der Waals surface area contributed by atoms with E-state index in [-0.39, 0.29) is 84.9 Å². The fourth-order valence-electron chi connectivity index (χ4n) is 45.3. The quantitative estimate of drug-likeness (QED) is 0.0350. The molecule has 32 saturated carbocycles. The number of nitrogens with one attached hydrogen (secondary N) is 8. The number of carbonyl (C=O) groups is 8. The van der Waals surface area contributed by atoms with E-state index in [1.54, 1.807) is 35.5 Å². The van der Waals surface area contributed by atoms with Crippen LogP contribution >= 0.6 is 56.7 Å². The van der Waals surface area contributed by atoms with Gasteiger partial charge in [0.2, 0.25) is 35.4 Å². The monoisotopic (exact) mass is 2090 g/mol. The summed E-state index contributed by atoms with van der Waals surface area (Å²) in [6, 6.07) is 0.250. The zero-order valence-corrected chi connectivity index (χ0v) is 93.2. The van der Waals surface area contributed by atoms with Crippen molar-refractivity contribution in [2.24, 2.45) is 169 Å². The van der Waals surface area contributed by atoms with Gasteiger partial charge in [-0.15, -0.1) is 45.3 Å². The molecule has 38 rings (SSSR count). The molecular formula is C118H161N15O9S5. The Bertz CT molecular complexity index is 5820. The van der Waals surface area contributed by atoms with Crippen molar-refractivity contribution in [3.8, 4) is 0 Å². The van der Waals surface area contributed by atoms with Crippen molar-refractivity contribution in [3.63, 3.8) is 0 Å². The van der Waals surface area contributed by atoms with Crippen molar-refractivity contribution < 1.29 is 42.8 Å². The number of thiazole rings is 5. The van der Waals surface area contributed by atoms with Crippen LogP contribution in [0.25, 0.3) is 4.85 Å². The van der Waals surface area contributed by atoms with Crippen molar-refractivity contribution >= 4 is 141 Å². The predicted octanol–water partition coefficient (Wildman–Crippen LogP) is 28.2. The van der Waals surface area contributed by atoms with Gasteiger partial charge in [0.1, 0.15) is 12.0 Å². The lowest BCUT2D eigenvalue weighted by Gasteiger charge is -2.65. The highest BCUT2D eigenvalue weighted by atomic mass is 32.1. The molecular weight excluding hydrogens is 1930 g/mol. The molecule has 29 heteroatoms. The summed E-state index contributed by atoms with van der Waals surface area (Å²) in [5.41, 5.74) is 3.49. The van der Waals surface area contributed by atoms with Crippen LogP contribution in [0.2, 0.25) is 0 Å². The number of ketones is 1. The number of oxazole rings is 1. The smallest absolute Gasteiger partial charge is 0.321 e. The number of nitrogens with zero attached hydrogens (tertiary/aromatic N) is 7. The lowest BCUT2D eigenvalue weighted by molar-refractivity contribution is -0.165. The van der Waals surface area contributed by atoms with Crippen LogP contribution in [0.1, 0.15) is 395 Å². The second-order valence-electron chi connectivity index (χ2n) is 59.5. The van der Waals surface area contributed by atoms with E-state index in [1.165, 1.54) is 262 Å². The Morgan fingerprint density at radius 1 is 0.293 bits per heavy atom. The fraction of sp³-hybridized carbons (Fsp3) is 0.771. The van der Waals surface area contributed by atoms with Gasteiger partial charge in [0.05, 0.1) is 33.3 Å². The summed E-state index contributed by atoms with van der Waals surface area (Å²) in [6.07, 6.45) is 67.4. The van der Waals surface area contributed by atoms with Gasteiger partial charge in [-0.2, -0.15) is 0 Å². The number of anilines is 6. The average molecular weight is 2090 g/mol. The van der Waals surface area contributed by atoms with Gasteiger partial charge >= 0.3 is 12.0 Å². The van der Waals surface area contributed by atoms with Gasteiger partial charge in [-0.25, -0.2) is 29.7 Å². The Balaban J connectivity index is 0.0000000919. The molecule has 0 spiro atoms. The van der Waals surface area contributed by atoms with Gasteiger partial charge in [-0.05, 0) is 445 Å². The van der Waals surface area contributed by atoms with Crippen molar-refractivity contribution in [1.82, 2.24) is 40.5 Å². The largest absolute Gasteiger partial charge is 0.432 e. The summed E-state index contributed by atoms with van der Waals surface area (Å²) in [5, 5.41) is 37.5. The molecule has 32 bridgehead atoms. The van der Waals surface area contributed by atoms with E-state index < -0.39 is 0 Å². The van der Waals surface area contributed by atoms with E-state index in [9.17, 15) is 38.4 Å². The summed E-state index contributed by atoms with van der Waals surface area (Å²) >= 11 is 7.17. The molecule has 6 aromatic heterocycles. The zero-order valence-electron chi connectivity index (χ0n) is 89.1.